The van der Waals surface area contributed by atoms with Gasteiger partial charge in [0.2, 0.25) is 0 Å². The summed E-state index contributed by atoms with van der Waals surface area (Å²) in [5.74, 6) is -0.186. The topological polar surface area (TPSA) is 51.2 Å². The fraction of sp³-hybridized carbons (Fsp3) is 0. The summed E-state index contributed by atoms with van der Waals surface area (Å²) in [6.45, 7) is 0. The van der Waals surface area contributed by atoms with E-state index in [0.717, 1.165) is 0 Å². The average molecular weight is 359 g/mol. The van der Waals surface area contributed by atoms with Gasteiger partial charge in [-0.15, -0.1) is 0 Å². The molecule has 0 atom stereocenters. The summed E-state index contributed by atoms with van der Waals surface area (Å²) in [6.07, 6.45) is 3.65. The molecule has 0 aromatic heterocycles. The monoisotopic (exact) mass is 358 g/mol. The normalized spacial score (nSPS) is 11.9. The number of carbonyl (C=O) groups is 3. The lowest BCUT2D eigenvalue weighted by molar-refractivity contribution is -0.104. The lowest BCUT2D eigenvalue weighted by atomic mass is 10.00. The van der Waals surface area contributed by atoms with Crippen LogP contribution in [0.25, 0.3) is 10.1 Å². The Balaban J connectivity index is 2.31. The molecule has 24 heavy (non-hydrogen) atoms. The first-order valence-corrected chi connectivity index (χ1v) is 7.70. The van der Waals surface area contributed by atoms with Crippen molar-refractivity contribution in [2.24, 2.45) is 0 Å². The number of rotatable bonds is 6. The Morgan fingerprint density at radius 2 is 1.21 bits per heavy atom. The minimum Gasteiger partial charge on any atom is -0.299 e. The van der Waals surface area contributed by atoms with Crippen LogP contribution in [0.3, 0.4) is 0 Å². The highest BCUT2D eigenvalue weighted by Crippen LogP contribution is 2.22. The predicted molar refractivity (Wildman–Crippen MR) is 96.1 cm³/mol. The number of halogens is 2. The second kappa shape index (κ2) is 8.39. The van der Waals surface area contributed by atoms with Crippen molar-refractivity contribution in [2.75, 3.05) is 0 Å². The van der Waals surface area contributed by atoms with E-state index in [1.54, 1.807) is 48.5 Å². The van der Waals surface area contributed by atoms with E-state index >= 15 is 0 Å². The third-order valence-electron chi connectivity index (χ3n) is 3.25. The molecule has 0 saturated heterocycles. The van der Waals surface area contributed by atoms with Crippen molar-refractivity contribution in [3.8, 4) is 0 Å². The minimum atomic E-state index is -0.186. The maximum absolute atomic E-state index is 12.5. The van der Waals surface area contributed by atoms with Crippen molar-refractivity contribution in [1.29, 1.82) is 0 Å². The fourth-order valence-corrected chi connectivity index (χ4v) is 2.41. The van der Waals surface area contributed by atoms with Crippen molar-refractivity contribution in [1.82, 2.24) is 0 Å². The zero-order valence-electron chi connectivity index (χ0n) is 12.4. The number of ketones is 1. The van der Waals surface area contributed by atoms with Crippen molar-refractivity contribution in [3.63, 3.8) is 0 Å². The van der Waals surface area contributed by atoms with Crippen LogP contribution in [0, 0.1) is 0 Å². The minimum absolute atomic E-state index is 0.186. The Bertz CT molecular complexity index is 834. The van der Waals surface area contributed by atoms with E-state index in [4.69, 9.17) is 23.2 Å². The number of aldehydes is 2. The van der Waals surface area contributed by atoms with Gasteiger partial charge in [-0.25, -0.2) is 0 Å². The highest BCUT2D eigenvalue weighted by atomic mass is 35.5. The molecule has 0 bridgehead atoms. The summed E-state index contributed by atoms with van der Waals surface area (Å²) in [7, 11) is 0. The summed E-state index contributed by atoms with van der Waals surface area (Å²) in [5, 5.41) is 0.567. The number of benzene rings is 2. The summed E-state index contributed by atoms with van der Waals surface area (Å²) >= 11 is 11.9. The number of allylic oxidation sites excluding steroid dienone is 2. The highest BCUT2D eigenvalue weighted by molar-refractivity contribution is 6.50. The maximum atomic E-state index is 12.5. The molecular formula is C19H12Cl2O3. The molecule has 3 nitrogen and oxygen atoms in total. The second-order valence-corrected chi connectivity index (χ2v) is 5.60. The van der Waals surface area contributed by atoms with Crippen LogP contribution in [0.2, 0.25) is 0 Å². The van der Waals surface area contributed by atoms with Crippen molar-refractivity contribution in [3.05, 3.63) is 82.9 Å². The van der Waals surface area contributed by atoms with Crippen LogP contribution in [0.1, 0.15) is 27.0 Å². The standard InChI is InChI=1S/C19H12Cl2O3/c20-17(8-10-22)13-4-6-14(7-5-13)19(24)16-3-1-2-15(12-16)18(21)9-11-23/h1-12H. The molecule has 0 aliphatic rings. The highest BCUT2D eigenvalue weighted by Gasteiger charge is 2.11. The zero-order chi connectivity index (χ0) is 17.5. The van der Waals surface area contributed by atoms with E-state index in [9.17, 15) is 14.4 Å². The van der Waals surface area contributed by atoms with Crippen LogP contribution in [0.5, 0.6) is 0 Å². The Morgan fingerprint density at radius 3 is 1.79 bits per heavy atom. The summed E-state index contributed by atoms with van der Waals surface area (Å²) < 4.78 is 0. The van der Waals surface area contributed by atoms with Gasteiger partial charge in [-0.1, -0.05) is 65.7 Å². The van der Waals surface area contributed by atoms with Gasteiger partial charge in [-0.05, 0) is 29.3 Å². The average Bonchev–Trinajstić information content (AvgIpc) is 2.62. The molecule has 0 saturated carbocycles. The van der Waals surface area contributed by atoms with Crippen LogP contribution < -0.4 is 0 Å². The molecule has 0 amide bonds. The van der Waals surface area contributed by atoms with Gasteiger partial charge in [-0.2, -0.15) is 0 Å². The molecule has 0 radical (unpaired) electrons. The van der Waals surface area contributed by atoms with Gasteiger partial charge in [-0.3, -0.25) is 14.4 Å². The van der Waals surface area contributed by atoms with Gasteiger partial charge < -0.3 is 0 Å². The Hall–Kier alpha value is -2.49. The quantitative estimate of drug-likeness (QED) is 0.434. The zero-order valence-corrected chi connectivity index (χ0v) is 13.9. The van der Waals surface area contributed by atoms with E-state index in [0.29, 0.717) is 39.9 Å². The van der Waals surface area contributed by atoms with Gasteiger partial charge in [0.15, 0.2) is 5.78 Å². The van der Waals surface area contributed by atoms with Crippen LogP contribution >= 0.6 is 23.2 Å². The largest absolute Gasteiger partial charge is 0.299 e. The lowest BCUT2D eigenvalue weighted by Gasteiger charge is -2.05. The summed E-state index contributed by atoms with van der Waals surface area (Å²) in [5.41, 5.74) is 2.16. The number of carbonyl (C=O) groups excluding carboxylic acids is 3. The molecule has 0 aliphatic carbocycles. The Morgan fingerprint density at radius 1 is 0.708 bits per heavy atom. The van der Waals surface area contributed by atoms with Gasteiger partial charge in [0.25, 0.3) is 0 Å². The molecule has 0 fully saturated rings. The summed E-state index contributed by atoms with van der Waals surface area (Å²) in [4.78, 5) is 33.5. The van der Waals surface area contributed by atoms with Crippen LogP contribution in [0.4, 0.5) is 0 Å². The van der Waals surface area contributed by atoms with Crippen molar-refractivity contribution >= 4 is 51.6 Å². The van der Waals surface area contributed by atoms with Crippen LogP contribution in [-0.4, -0.2) is 18.4 Å². The molecule has 2 aromatic rings. The molecule has 5 heteroatoms. The third-order valence-corrected chi connectivity index (χ3v) is 3.94. The molecule has 0 heterocycles. The predicted octanol–water partition coefficient (Wildman–Crippen LogP) is 4.47. The smallest absolute Gasteiger partial charge is 0.193 e. The number of hydrogen-bond donors (Lipinski definition) is 0. The van der Waals surface area contributed by atoms with Crippen molar-refractivity contribution < 1.29 is 14.4 Å². The van der Waals surface area contributed by atoms with E-state index in [1.807, 2.05) is 0 Å². The van der Waals surface area contributed by atoms with Crippen molar-refractivity contribution in [2.45, 2.75) is 0 Å². The molecule has 2 aromatic carbocycles. The lowest BCUT2D eigenvalue weighted by Crippen LogP contribution is -2.01. The Labute approximate surface area is 149 Å². The van der Waals surface area contributed by atoms with E-state index in [2.05, 4.69) is 0 Å². The van der Waals surface area contributed by atoms with Gasteiger partial charge in [0.05, 0.1) is 10.1 Å². The second-order valence-electron chi connectivity index (χ2n) is 4.79. The molecule has 0 N–H and O–H groups in total. The molecular weight excluding hydrogens is 347 g/mol. The molecule has 2 rings (SSSR count). The molecule has 0 aliphatic heterocycles. The van der Waals surface area contributed by atoms with E-state index in [1.165, 1.54) is 12.2 Å². The van der Waals surface area contributed by atoms with Gasteiger partial charge in [0, 0.05) is 11.1 Å². The Kier molecular flexibility index (Phi) is 6.24. The summed E-state index contributed by atoms with van der Waals surface area (Å²) in [6, 6.07) is 13.3. The van der Waals surface area contributed by atoms with Crippen LogP contribution in [-0.2, 0) is 9.59 Å². The first kappa shape index (κ1) is 17.9. The fourth-order valence-electron chi connectivity index (χ4n) is 2.07. The number of hydrogen-bond acceptors (Lipinski definition) is 3. The SMILES string of the molecule is O=CC=C(Cl)c1ccc(C(=O)c2cccc(C(Cl)=CC=O)c2)cc1. The van der Waals surface area contributed by atoms with Gasteiger partial charge >= 0.3 is 0 Å². The molecule has 0 unspecified atom stereocenters. The van der Waals surface area contributed by atoms with Crippen LogP contribution in [0.15, 0.2) is 60.7 Å². The van der Waals surface area contributed by atoms with Gasteiger partial charge in [0.1, 0.15) is 12.6 Å². The first-order valence-electron chi connectivity index (χ1n) is 6.94. The van der Waals surface area contributed by atoms with E-state index < -0.39 is 0 Å². The van der Waals surface area contributed by atoms with E-state index in [-0.39, 0.29) is 10.8 Å². The maximum Gasteiger partial charge on any atom is 0.193 e. The first-order chi connectivity index (χ1) is 11.6. The molecule has 0 spiro atoms. The third kappa shape index (κ3) is 4.28. The molecule has 120 valence electrons.